The second-order valence-corrected chi connectivity index (χ2v) is 7.69. The predicted octanol–water partition coefficient (Wildman–Crippen LogP) is 2.17. The maximum Gasteiger partial charge on any atom is 0.130 e. The zero-order chi connectivity index (χ0) is 15.4. The first-order chi connectivity index (χ1) is 10.1. The molecule has 1 unspecified atom stereocenters. The summed E-state index contributed by atoms with van der Waals surface area (Å²) in [4.78, 5) is 0. The molecule has 22 heavy (non-hydrogen) atoms. The zero-order valence-corrected chi connectivity index (χ0v) is 17.6. The summed E-state index contributed by atoms with van der Waals surface area (Å²) in [6.45, 7) is 5.81. The molecule has 134 valence electrons. The van der Waals surface area contributed by atoms with Crippen molar-refractivity contribution in [2.24, 2.45) is 0 Å². The minimum absolute atomic E-state index is 0. The number of hydrogen-bond acceptors (Lipinski definition) is 1. The van der Waals surface area contributed by atoms with Crippen molar-refractivity contribution in [1.82, 2.24) is 0 Å². The summed E-state index contributed by atoms with van der Waals surface area (Å²) >= 11 is 0. The molecule has 2 nitrogen and oxygen atoms in total. The highest BCUT2D eigenvalue weighted by Crippen LogP contribution is 2.16. The van der Waals surface area contributed by atoms with Gasteiger partial charge >= 0.3 is 0 Å². The number of nitrogens with zero attached hydrogens (tertiary/aromatic N) is 1. The van der Waals surface area contributed by atoms with Gasteiger partial charge in [-0.2, -0.15) is 0 Å². The van der Waals surface area contributed by atoms with Crippen molar-refractivity contribution >= 4 is 0 Å². The van der Waals surface area contributed by atoms with Crippen LogP contribution in [0.3, 0.4) is 0 Å². The molecule has 1 aliphatic heterocycles. The third-order valence-corrected chi connectivity index (χ3v) is 4.72. The molecule has 0 spiro atoms. The van der Waals surface area contributed by atoms with Crippen LogP contribution in [0.25, 0.3) is 0 Å². The van der Waals surface area contributed by atoms with Crippen LogP contribution in [0, 0.1) is 0 Å². The van der Waals surface area contributed by atoms with Gasteiger partial charge in [0.15, 0.2) is 0 Å². The Labute approximate surface area is 157 Å². The quantitative estimate of drug-likeness (QED) is 0.170. The molecule has 0 amide bonds. The molecular formula is C19H40INO. The SMILES string of the molecule is CCCCCCCCCCCCCC[N+](C)(C)CC1CO1.[I-]. The zero-order valence-electron chi connectivity index (χ0n) is 15.4. The van der Waals surface area contributed by atoms with Crippen LogP contribution < -0.4 is 24.0 Å². The second-order valence-electron chi connectivity index (χ2n) is 7.69. The van der Waals surface area contributed by atoms with Gasteiger partial charge in [-0.3, -0.25) is 0 Å². The van der Waals surface area contributed by atoms with Crippen molar-refractivity contribution in [3.8, 4) is 0 Å². The van der Waals surface area contributed by atoms with Gasteiger partial charge in [0, 0.05) is 0 Å². The van der Waals surface area contributed by atoms with E-state index in [-0.39, 0.29) is 24.0 Å². The summed E-state index contributed by atoms with van der Waals surface area (Å²) in [6, 6.07) is 0. The lowest BCUT2D eigenvalue weighted by Gasteiger charge is -2.29. The van der Waals surface area contributed by atoms with Crippen molar-refractivity contribution in [2.75, 3.05) is 33.8 Å². The molecule has 0 N–H and O–H groups in total. The van der Waals surface area contributed by atoms with Crippen LogP contribution in [-0.2, 0) is 4.74 Å². The van der Waals surface area contributed by atoms with Crippen molar-refractivity contribution < 1.29 is 33.2 Å². The van der Waals surface area contributed by atoms with Gasteiger partial charge in [-0.15, -0.1) is 0 Å². The van der Waals surface area contributed by atoms with Crippen LogP contribution in [0.1, 0.15) is 84.0 Å². The Morgan fingerprint density at radius 3 is 1.59 bits per heavy atom. The predicted molar refractivity (Wildman–Crippen MR) is 92.7 cm³/mol. The molecule has 0 bridgehead atoms. The van der Waals surface area contributed by atoms with Crippen LogP contribution in [0.2, 0.25) is 0 Å². The van der Waals surface area contributed by atoms with E-state index in [4.69, 9.17) is 4.74 Å². The average molecular weight is 425 g/mol. The largest absolute Gasteiger partial charge is 1.00 e. The van der Waals surface area contributed by atoms with E-state index in [0.717, 1.165) is 11.1 Å². The van der Waals surface area contributed by atoms with Crippen LogP contribution in [0.15, 0.2) is 0 Å². The van der Waals surface area contributed by atoms with Gasteiger partial charge in [-0.1, -0.05) is 71.1 Å². The number of epoxide rings is 1. The fraction of sp³-hybridized carbons (Fsp3) is 1.00. The molecule has 1 atom stereocenters. The highest BCUT2D eigenvalue weighted by Gasteiger charge is 2.30. The highest BCUT2D eigenvalue weighted by molar-refractivity contribution is 4.67. The number of halogens is 1. The van der Waals surface area contributed by atoms with Gasteiger partial charge in [0.1, 0.15) is 12.6 Å². The van der Waals surface area contributed by atoms with Crippen molar-refractivity contribution in [3.63, 3.8) is 0 Å². The van der Waals surface area contributed by atoms with Gasteiger partial charge in [0.2, 0.25) is 0 Å². The Morgan fingerprint density at radius 1 is 0.773 bits per heavy atom. The molecule has 0 aromatic heterocycles. The lowest BCUT2D eigenvalue weighted by molar-refractivity contribution is -0.891. The first-order valence-corrected chi connectivity index (χ1v) is 9.57. The van der Waals surface area contributed by atoms with Crippen LogP contribution in [-0.4, -0.2) is 44.4 Å². The normalized spacial score (nSPS) is 17.3. The van der Waals surface area contributed by atoms with Crippen LogP contribution in [0.4, 0.5) is 0 Å². The molecule has 0 radical (unpaired) electrons. The Balaban J connectivity index is 0.00000441. The standard InChI is InChI=1S/C19H40NO.HI/c1-4-5-6-7-8-9-10-11-12-13-14-15-16-20(2,3)17-19-18-21-19;/h19H,4-18H2,1-3H3;1H/q+1;/p-1. The lowest BCUT2D eigenvalue weighted by Crippen LogP contribution is -3.00. The highest BCUT2D eigenvalue weighted by atomic mass is 127. The van der Waals surface area contributed by atoms with Crippen molar-refractivity contribution in [3.05, 3.63) is 0 Å². The van der Waals surface area contributed by atoms with Gasteiger partial charge in [0.25, 0.3) is 0 Å². The molecule has 0 aromatic carbocycles. The summed E-state index contributed by atoms with van der Waals surface area (Å²) < 4.78 is 6.48. The molecule has 1 rings (SSSR count). The molecule has 0 aromatic rings. The van der Waals surface area contributed by atoms with E-state index in [0.29, 0.717) is 6.10 Å². The topological polar surface area (TPSA) is 12.5 Å². The third kappa shape index (κ3) is 14.3. The first kappa shape index (κ1) is 22.6. The fourth-order valence-electron chi connectivity index (χ4n) is 3.20. The lowest BCUT2D eigenvalue weighted by atomic mass is 10.1. The summed E-state index contributed by atoms with van der Waals surface area (Å²) in [5, 5.41) is 0. The van der Waals surface area contributed by atoms with Gasteiger partial charge < -0.3 is 33.2 Å². The van der Waals surface area contributed by atoms with Crippen LogP contribution in [0.5, 0.6) is 0 Å². The van der Waals surface area contributed by atoms with E-state index in [1.807, 2.05) is 0 Å². The Kier molecular flexibility index (Phi) is 14.4. The summed E-state index contributed by atoms with van der Waals surface area (Å²) in [6.07, 6.45) is 17.8. The monoisotopic (exact) mass is 425 g/mol. The van der Waals surface area contributed by atoms with Crippen LogP contribution >= 0.6 is 0 Å². The van der Waals surface area contributed by atoms with E-state index < -0.39 is 0 Å². The minimum atomic E-state index is 0. The van der Waals surface area contributed by atoms with E-state index in [2.05, 4.69) is 21.0 Å². The molecule has 0 aliphatic carbocycles. The molecule has 3 heteroatoms. The summed E-state index contributed by atoms with van der Waals surface area (Å²) in [5.74, 6) is 0. The molecule has 0 saturated carbocycles. The van der Waals surface area contributed by atoms with E-state index in [1.54, 1.807) is 0 Å². The molecule has 1 aliphatic rings. The van der Waals surface area contributed by atoms with E-state index >= 15 is 0 Å². The Morgan fingerprint density at radius 2 is 1.18 bits per heavy atom. The minimum Gasteiger partial charge on any atom is -1.00 e. The maximum absolute atomic E-state index is 5.34. The van der Waals surface area contributed by atoms with Gasteiger partial charge in [-0.25, -0.2) is 0 Å². The number of rotatable bonds is 15. The Hall–Kier alpha value is 0.650. The molecule has 1 heterocycles. The van der Waals surface area contributed by atoms with E-state index in [1.165, 1.54) is 90.1 Å². The number of hydrogen-bond donors (Lipinski definition) is 0. The third-order valence-electron chi connectivity index (χ3n) is 4.72. The van der Waals surface area contributed by atoms with Crippen molar-refractivity contribution in [1.29, 1.82) is 0 Å². The van der Waals surface area contributed by atoms with Gasteiger partial charge in [-0.05, 0) is 12.8 Å². The smallest absolute Gasteiger partial charge is 0.130 e. The summed E-state index contributed by atoms with van der Waals surface area (Å²) in [5.41, 5.74) is 0. The summed E-state index contributed by atoms with van der Waals surface area (Å²) in [7, 11) is 4.69. The van der Waals surface area contributed by atoms with Gasteiger partial charge in [0.05, 0.1) is 27.2 Å². The molecule has 1 saturated heterocycles. The van der Waals surface area contributed by atoms with Crippen molar-refractivity contribution in [2.45, 2.75) is 90.1 Å². The number of likely N-dealkylation sites (N-methyl/N-ethyl adjacent to an activating group) is 1. The maximum atomic E-state index is 5.34. The average Bonchev–Trinajstić information content (AvgIpc) is 3.23. The number of quaternary nitrogens is 1. The fourth-order valence-corrected chi connectivity index (χ4v) is 3.20. The van der Waals surface area contributed by atoms with E-state index in [9.17, 15) is 0 Å². The number of unbranched alkanes of at least 4 members (excludes halogenated alkanes) is 11. The second kappa shape index (κ2) is 14.0. The molecular weight excluding hydrogens is 385 g/mol. The molecule has 1 fully saturated rings. The first-order valence-electron chi connectivity index (χ1n) is 9.57. The Bertz CT molecular complexity index is 242. The number of ether oxygens (including phenoxy) is 1.